The summed E-state index contributed by atoms with van der Waals surface area (Å²) in [6.07, 6.45) is 3.98. The van der Waals surface area contributed by atoms with E-state index in [1.165, 1.54) is 12.1 Å². The number of piperidine rings is 1. The van der Waals surface area contributed by atoms with Crippen molar-refractivity contribution in [1.82, 2.24) is 9.62 Å². The maximum absolute atomic E-state index is 12.6. The Balaban J connectivity index is 1.63. The third-order valence-electron chi connectivity index (χ3n) is 4.88. The van der Waals surface area contributed by atoms with Crippen molar-refractivity contribution in [3.05, 3.63) is 29.8 Å². The van der Waals surface area contributed by atoms with E-state index in [2.05, 4.69) is 11.6 Å². The highest BCUT2D eigenvalue weighted by molar-refractivity contribution is 7.89. The smallest absolute Gasteiger partial charge is 0.253 e. The number of amides is 1. The molecule has 2 aliphatic rings. The summed E-state index contributed by atoms with van der Waals surface area (Å²) in [5.74, 6) is 0.488. The highest BCUT2D eigenvalue weighted by atomic mass is 32.2. The molecule has 6 nitrogen and oxygen atoms in total. The van der Waals surface area contributed by atoms with Crippen LogP contribution < -0.4 is 4.72 Å². The third kappa shape index (κ3) is 4.59. The lowest BCUT2D eigenvalue weighted by molar-refractivity contribution is 0.0683. The zero-order valence-corrected chi connectivity index (χ0v) is 15.4. The molecule has 1 aromatic rings. The lowest BCUT2D eigenvalue weighted by Crippen LogP contribution is -2.39. The van der Waals surface area contributed by atoms with E-state index in [4.69, 9.17) is 4.74 Å². The van der Waals surface area contributed by atoms with Crippen molar-refractivity contribution in [3.8, 4) is 0 Å². The molecule has 1 N–H and O–H groups in total. The Bertz CT molecular complexity index is 696. The van der Waals surface area contributed by atoms with Gasteiger partial charge in [0.15, 0.2) is 0 Å². The Hall–Kier alpha value is -1.44. The number of carbonyl (C=O) groups is 1. The minimum Gasteiger partial charge on any atom is -0.377 e. The fraction of sp³-hybridized carbons (Fsp3) is 0.611. The van der Waals surface area contributed by atoms with Crippen molar-refractivity contribution in [3.63, 3.8) is 0 Å². The molecule has 0 aliphatic carbocycles. The van der Waals surface area contributed by atoms with E-state index in [9.17, 15) is 13.2 Å². The summed E-state index contributed by atoms with van der Waals surface area (Å²) in [6, 6.07) is 6.20. The number of hydrogen-bond acceptors (Lipinski definition) is 4. The number of rotatable bonds is 5. The van der Waals surface area contributed by atoms with Crippen LogP contribution in [-0.2, 0) is 14.8 Å². The molecule has 3 rings (SSSR count). The lowest BCUT2D eigenvalue weighted by atomic mass is 9.99. The van der Waals surface area contributed by atoms with E-state index in [0.717, 1.165) is 38.8 Å². The van der Waals surface area contributed by atoms with Crippen LogP contribution in [0, 0.1) is 5.92 Å². The maximum atomic E-state index is 12.6. The Morgan fingerprint density at radius 2 is 2.00 bits per heavy atom. The Morgan fingerprint density at radius 1 is 1.24 bits per heavy atom. The molecule has 2 fully saturated rings. The van der Waals surface area contributed by atoms with Crippen LogP contribution in [0.15, 0.2) is 29.2 Å². The van der Waals surface area contributed by atoms with Crippen LogP contribution in [-0.4, -0.2) is 51.6 Å². The third-order valence-corrected chi connectivity index (χ3v) is 6.32. The second kappa shape index (κ2) is 7.85. The van der Waals surface area contributed by atoms with Crippen LogP contribution >= 0.6 is 0 Å². The molecule has 2 unspecified atom stereocenters. The van der Waals surface area contributed by atoms with Crippen LogP contribution in [0.4, 0.5) is 0 Å². The van der Waals surface area contributed by atoms with Crippen molar-refractivity contribution in [2.24, 2.45) is 5.92 Å². The molecule has 0 aromatic heterocycles. The molecule has 0 saturated carbocycles. The van der Waals surface area contributed by atoms with Gasteiger partial charge in [-0.1, -0.05) is 6.92 Å². The second-order valence-electron chi connectivity index (χ2n) is 7.01. The second-order valence-corrected chi connectivity index (χ2v) is 8.78. The Morgan fingerprint density at radius 3 is 2.64 bits per heavy atom. The molecule has 1 amide bonds. The summed E-state index contributed by atoms with van der Waals surface area (Å²) >= 11 is 0. The summed E-state index contributed by atoms with van der Waals surface area (Å²) in [5, 5.41) is 0. The van der Waals surface area contributed by atoms with Crippen molar-refractivity contribution in [2.75, 3.05) is 26.2 Å². The molecule has 138 valence electrons. The first kappa shape index (κ1) is 18.4. The molecular formula is C18H26N2O4S. The number of likely N-dealkylation sites (tertiary alicyclic amines) is 1. The van der Waals surface area contributed by atoms with Gasteiger partial charge in [-0.3, -0.25) is 4.79 Å². The number of hydrogen-bond donors (Lipinski definition) is 1. The molecule has 0 bridgehead atoms. The molecule has 2 saturated heterocycles. The van der Waals surface area contributed by atoms with E-state index in [1.54, 1.807) is 12.1 Å². The van der Waals surface area contributed by atoms with Crippen molar-refractivity contribution in [2.45, 2.75) is 43.6 Å². The minimum atomic E-state index is -3.58. The van der Waals surface area contributed by atoms with Gasteiger partial charge in [-0.25, -0.2) is 13.1 Å². The summed E-state index contributed by atoms with van der Waals surface area (Å²) < 4.78 is 32.7. The highest BCUT2D eigenvalue weighted by Gasteiger charge is 2.23. The van der Waals surface area contributed by atoms with Crippen LogP contribution in [0.25, 0.3) is 0 Å². The van der Waals surface area contributed by atoms with E-state index >= 15 is 0 Å². The first-order chi connectivity index (χ1) is 12.0. The molecular weight excluding hydrogens is 340 g/mol. The topological polar surface area (TPSA) is 75.7 Å². The van der Waals surface area contributed by atoms with Gasteiger partial charge in [0.2, 0.25) is 10.0 Å². The zero-order valence-electron chi connectivity index (χ0n) is 14.6. The fourth-order valence-corrected chi connectivity index (χ4v) is 4.49. The van der Waals surface area contributed by atoms with E-state index in [1.807, 2.05) is 4.90 Å². The predicted molar refractivity (Wildman–Crippen MR) is 94.9 cm³/mol. The number of benzene rings is 1. The number of sulfonamides is 1. The first-order valence-corrected chi connectivity index (χ1v) is 10.4. The number of nitrogens with one attached hydrogen (secondary N) is 1. The van der Waals surface area contributed by atoms with Crippen molar-refractivity contribution >= 4 is 15.9 Å². The molecule has 2 aliphatic heterocycles. The van der Waals surface area contributed by atoms with E-state index in [-0.39, 0.29) is 23.5 Å². The van der Waals surface area contributed by atoms with Crippen LogP contribution in [0.2, 0.25) is 0 Å². The SMILES string of the molecule is CC1CCCN(C(=O)c2ccc(S(=O)(=O)NCC3CCCO3)cc2)C1. The molecule has 25 heavy (non-hydrogen) atoms. The first-order valence-electron chi connectivity index (χ1n) is 8.96. The predicted octanol–water partition coefficient (Wildman–Crippen LogP) is 2.02. The van der Waals surface area contributed by atoms with Crippen molar-refractivity contribution in [1.29, 1.82) is 0 Å². The Labute approximate surface area is 149 Å². The van der Waals surface area contributed by atoms with Gasteiger partial charge in [0.1, 0.15) is 0 Å². The summed E-state index contributed by atoms with van der Waals surface area (Å²) in [7, 11) is -3.58. The average molecular weight is 366 g/mol. The van der Waals surface area contributed by atoms with Gasteiger partial charge in [-0.15, -0.1) is 0 Å². The van der Waals surface area contributed by atoms with Crippen LogP contribution in [0.1, 0.15) is 43.0 Å². The maximum Gasteiger partial charge on any atom is 0.253 e. The Kier molecular flexibility index (Phi) is 5.76. The van der Waals surface area contributed by atoms with Gasteiger partial charge in [0.25, 0.3) is 5.91 Å². The van der Waals surface area contributed by atoms with Crippen LogP contribution in [0.3, 0.4) is 0 Å². The molecule has 2 atom stereocenters. The molecule has 7 heteroatoms. The molecule has 0 radical (unpaired) electrons. The van der Waals surface area contributed by atoms with E-state index < -0.39 is 10.0 Å². The highest BCUT2D eigenvalue weighted by Crippen LogP contribution is 2.19. The normalized spacial score (nSPS) is 24.4. The fourth-order valence-electron chi connectivity index (χ4n) is 3.42. The van der Waals surface area contributed by atoms with Gasteiger partial charge < -0.3 is 9.64 Å². The zero-order chi connectivity index (χ0) is 17.9. The number of carbonyl (C=O) groups excluding carboxylic acids is 1. The molecule has 1 aromatic carbocycles. The quantitative estimate of drug-likeness (QED) is 0.865. The summed E-state index contributed by atoms with van der Waals surface area (Å²) in [4.78, 5) is 14.6. The lowest BCUT2D eigenvalue weighted by Gasteiger charge is -2.31. The van der Waals surface area contributed by atoms with E-state index in [0.29, 0.717) is 18.1 Å². The van der Waals surface area contributed by atoms with Gasteiger partial charge in [-0.2, -0.15) is 0 Å². The largest absolute Gasteiger partial charge is 0.377 e. The van der Waals surface area contributed by atoms with Gasteiger partial charge in [0.05, 0.1) is 11.0 Å². The van der Waals surface area contributed by atoms with Gasteiger partial charge in [-0.05, 0) is 55.9 Å². The summed E-state index contributed by atoms with van der Waals surface area (Å²) in [6.45, 7) is 4.66. The standard InChI is InChI=1S/C18H26N2O4S/c1-14-4-2-10-20(13-14)18(21)15-6-8-17(9-7-15)25(22,23)19-12-16-5-3-11-24-16/h6-9,14,16,19H,2-5,10-13H2,1H3. The number of nitrogens with zero attached hydrogens (tertiary/aromatic N) is 1. The van der Waals surface area contributed by atoms with Crippen LogP contribution in [0.5, 0.6) is 0 Å². The van der Waals surface area contributed by atoms with Crippen molar-refractivity contribution < 1.29 is 17.9 Å². The molecule has 0 spiro atoms. The monoisotopic (exact) mass is 366 g/mol. The average Bonchev–Trinajstić information content (AvgIpc) is 3.13. The summed E-state index contributed by atoms with van der Waals surface area (Å²) in [5.41, 5.74) is 0.534. The van der Waals surface area contributed by atoms with Gasteiger partial charge >= 0.3 is 0 Å². The minimum absolute atomic E-state index is 0.0252. The van der Waals surface area contributed by atoms with Gasteiger partial charge in [0, 0.05) is 31.8 Å². The number of ether oxygens (including phenoxy) is 1. The molecule has 2 heterocycles.